The molecule has 1 aliphatic carbocycles. The molecule has 1 aromatic carbocycles. The van der Waals surface area contributed by atoms with Crippen LogP contribution in [-0.2, 0) is 29.0 Å². The summed E-state index contributed by atoms with van der Waals surface area (Å²) in [5, 5.41) is 2.60. The Balaban J connectivity index is 1.76. The summed E-state index contributed by atoms with van der Waals surface area (Å²) < 4.78 is 2.35. The molecule has 1 fully saturated rings. The normalized spacial score (nSPS) is 23.9. The van der Waals surface area contributed by atoms with Crippen molar-refractivity contribution in [3.63, 3.8) is 0 Å². The summed E-state index contributed by atoms with van der Waals surface area (Å²) in [6, 6.07) is 10.5. The van der Waals surface area contributed by atoms with Crippen LogP contribution >= 0.6 is 0 Å². The van der Waals surface area contributed by atoms with Gasteiger partial charge in [0.1, 0.15) is 0 Å². The second kappa shape index (κ2) is 7.34. The first-order valence-electron chi connectivity index (χ1n) is 10.2. The van der Waals surface area contributed by atoms with Gasteiger partial charge in [0.25, 0.3) is 0 Å². The van der Waals surface area contributed by atoms with Crippen LogP contribution in [0.4, 0.5) is 0 Å². The Morgan fingerprint density at radius 3 is 2.59 bits per heavy atom. The predicted octanol–water partition coefficient (Wildman–Crippen LogP) is 3.82. The minimum Gasteiger partial charge on any atom is -0.347 e. The van der Waals surface area contributed by atoms with Gasteiger partial charge in [0.2, 0.25) is 11.8 Å². The number of aromatic nitrogens is 1. The van der Waals surface area contributed by atoms with Crippen molar-refractivity contribution in [2.24, 2.45) is 11.8 Å². The van der Waals surface area contributed by atoms with Crippen molar-refractivity contribution in [3.05, 3.63) is 58.9 Å². The number of amides is 2. The molecule has 27 heavy (non-hydrogen) atoms. The fraction of sp³-hybridized carbons (Fsp3) is 0.478. The van der Waals surface area contributed by atoms with Crippen molar-refractivity contribution in [2.75, 3.05) is 0 Å². The van der Waals surface area contributed by atoms with E-state index in [-0.39, 0.29) is 29.6 Å². The molecule has 0 unspecified atom stereocenters. The SMILES string of the molecule is CCCC[C@H]1c2c(cn(Cc3ccccc3)c2CC)C[C@H]2C(=O)NC(=O)[C@H]21. The Labute approximate surface area is 161 Å². The molecule has 1 saturated heterocycles. The zero-order chi connectivity index (χ0) is 19.0. The van der Waals surface area contributed by atoms with Crippen molar-refractivity contribution >= 4 is 11.8 Å². The van der Waals surface area contributed by atoms with E-state index < -0.39 is 0 Å². The van der Waals surface area contributed by atoms with Gasteiger partial charge in [-0.25, -0.2) is 0 Å². The van der Waals surface area contributed by atoms with E-state index in [9.17, 15) is 9.59 Å². The Morgan fingerprint density at radius 2 is 1.89 bits per heavy atom. The van der Waals surface area contributed by atoms with Gasteiger partial charge in [-0.05, 0) is 41.9 Å². The highest BCUT2D eigenvalue weighted by Crippen LogP contribution is 2.47. The zero-order valence-electron chi connectivity index (χ0n) is 16.2. The number of unbranched alkanes of at least 4 members (excludes halogenated alkanes) is 1. The zero-order valence-corrected chi connectivity index (χ0v) is 16.2. The molecule has 0 saturated carbocycles. The van der Waals surface area contributed by atoms with Gasteiger partial charge in [-0.3, -0.25) is 14.9 Å². The summed E-state index contributed by atoms with van der Waals surface area (Å²) in [6.45, 7) is 5.22. The van der Waals surface area contributed by atoms with Gasteiger partial charge >= 0.3 is 0 Å². The molecule has 0 spiro atoms. The van der Waals surface area contributed by atoms with Crippen LogP contribution in [-0.4, -0.2) is 16.4 Å². The molecule has 2 aromatic rings. The van der Waals surface area contributed by atoms with Crippen molar-refractivity contribution in [2.45, 2.75) is 58.4 Å². The van der Waals surface area contributed by atoms with Gasteiger partial charge < -0.3 is 4.57 Å². The Bertz CT molecular complexity index is 853. The number of fused-ring (bicyclic) bond motifs is 2. The summed E-state index contributed by atoms with van der Waals surface area (Å²) in [7, 11) is 0. The van der Waals surface area contributed by atoms with E-state index in [1.165, 1.54) is 22.4 Å². The summed E-state index contributed by atoms with van der Waals surface area (Å²) in [5.41, 5.74) is 5.24. The molecular weight excluding hydrogens is 336 g/mol. The van der Waals surface area contributed by atoms with Crippen molar-refractivity contribution in [3.8, 4) is 0 Å². The molecule has 2 heterocycles. The molecule has 2 amide bonds. The van der Waals surface area contributed by atoms with Crippen LogP contribution in [0.3, 0.4) is 0 Å². The number of hydrogen-bond donors (Lipinski definition) is 1. The molecule has 0 bridgehead atoms. The summed E-state index contributed by atoms with van der Waals surface area (Å²) in [4.78, 5) is 24.9. The number of rotatable bonds is 6. The summed E-state index contributed by atoms with van der Waals surface area (Å²) in [6.07, 6.45) is 7.04. The van der Waals surface area contributed by atoms with Crippen molar-refractivity contribution < 1.29 is 9.59 Å². The smallest absolute Gasteiger partial charge is 0.231 e. The van der Waals surface area contributed by atoms with Crippen molar-refractivity contribution in [1.29, 1.82) is 0 Å². The summed E-state index contributed by atoms with van der Waals surface area (Å²) in [5.74, 6) is -0.351. The lowest BCUT2D eigenvalue weighted by Gasteiger charge is -2.32. The largest absolute Gasteiger partial charge is 0.347 e. The fourth-order valence-corrected chi connectivity index (χ4v) is 5.10. The highest BCUT2D eigenvalue weighted by atomic mass is 16.2. The molecule has 4 heteroatoms. The lowest BCUT2D eigenvalue weighted by atomic mass is 9.68. The van der Waals surface area contributed by atoms with Crippen LogP contribution in [0.15, 0.2) is 36.5 Å². The number of hydrogen-bond acceptors (Lipinski definition) is 2. The van der Waals surface area contributed by atoms with Crippen LogP contribution in [0, 0.1) is 11.8 Å². The van der Waals surface area contributed by atoms with E-state index in [2.05, 4.69) is 54.2 Å². The van der Waals surface area contributed by atoms with Crippen LogP contribution in [0.25, 0.3) is 0 Å². The minimum absolute atomic E-state index is 0.0605. The van der Waals surface area contributed by atoms with Gasteiger partial charge in [0, 0.05) is 18.4 Å². The maximum Gasteiger partial charge on any atom is 0.231 e. The maximum absolute atomic E-state index is 12.6. The Kier molecular flexibility index (Phi) is 4.90. The lowest BCUT2D eigenvalue weighted by molar-refractivity contribution is -0.126. The molecule has 1 N–H and O–H groups in total. The highest BCUT2D eigenvalue weighted by molar-refractivity contribution is 6.06. The average Bonchev–Trinajstić information content (AvgIpc) is 3.16. The maximum atomic E-state index is 12.6. The number of nitrogens with one attached hydrogen (secondary N) is 1. The third-order valence-corrected chi connectivity index (χ3v) is 6.28. The third kappa shape index (κ3) is 3.11. The topological polar surface area (TPSA) is 51.1 Å². The molecule has 4 nitrogen and oxygen atoms in total. The predicted molar refractivity (Wildman–Crippen MR) is 105 cm³/mol. The van der Waals surface area contributed by atoms with Gasteiger partial charge in [0.15, 0.2) is 0 Å². The van der Waals surface area contributed by atoms with E-state index >= 15 is 0 Å². The van der Waals surface area contributed by atoms with Crippen LogP contribution in [0.1, 0.15) is 61.4 Å². The van der Waals surface area contributed by atoms with Crippen LogP contribution in [0.5, 0.6) is 0 Å². The molecule has 0 radical (unpaired) electrons. The van der Waals surface area contributed by atoms with E-state index in [1.54, 1.807) is 0 Å². The fourth-order valence-electron chi connectivity index (χ4n) is 5.10. The second-order valence-electron chi connectivity index (χ2n) is 7.92. The van der Waals surface area contributed by atoms with Gasteiger partial charge in [-0.2, -0.15) is 0 Å². The Hall–Kier alpha value is -2.36. The lowest BCUT2D eigenvalue weighted by Crippen LogP contribution is -2.32. The number of benzene rings is 1. The van der Waals surface area contributed by atoms with Gasteiger partial charge in [-0.15, -0.1) is 0 Å². The van der Waals surface area contributed by atoms with Crippen LogP contribution in [0.2, 0.25) is 0 Å². The molecule has 3 atom stereocenters. The van der Waals surface area contributed by atoms with E-state index in [0.29, 0.717) is 6.42 Å². The van der Waals surface area contributed by atoms with E-state index in [0.717, 1.165) is 32.2 Å². The third-order valence-electron chi connectivity index (χ3n) is 6.28. The average molecular weight is 364 g/mol. The molecular formula is C23H28N2O2. The standard InChI is InChI=1S/C23H28N2O2/c1-3-5-11-17-20-16(12-18-21(17)23(27)24-22(18)26)14-25(19(20)4-2)13-15-9-7-6-8-10-15/h6-10,14,17-18,21H,3-5,11-13H2,1-2H3,(H,24,26,27)/t17-,18+,21-/m0/s1. The number of nitrogens with zero attached hydrogens (tertiary/aromatic N) is 1. The molecule has 2 aliphatic rings. The molecule has 142 valence electrons. The first-order chi connectivity index (χ1) is 13.1. The molecule has 1 aromatic heterocycles. The summed E-state index contributed by atoms with van der Waals surface area (Å²) >= 11 is 0. The molecule has 1 aliphatic heterocycles. The van der Waals surface area contributed by atoms with Crippen LogP contribution < -0.4 is 5.32 Å². The highest BCUT2D eigenvalue weighted by Gasteiger charge is 2.50. The second-order valence-corrected chi connectivity index (χ2v) is 7.92. The van der Waals surface area contributed by atoms with E-state index in [1.807, 2.05) is 6.07 Å². The minimum atomic E-state index is -0.191. The van der Waals surface area contributed by atoms with Gasteiger partial charge in [0.05, 0.1) is 11.8 Å². The van der Waals surface area contributed by atoms with Gasteiger partial charge in [-0.1, -0.05) is 57.0 Å². The quantitative estimate of drug-likeness (QED) is 0.792. The van der Waals surface area contributed by atoms with E-state index in [4.69, 9.17) is 0 Å². The Morgan fingerprint density at radius 1 is 1.11 bits per heavy atom. The first kappa shape index (κ1) is 18.0. The van der Waals surface area contributed by atoms with Crippen molar-refractivity contribution in [1.82, 2.24) is 9.88 Å². The number of carbonyl (C=O) groups is 2. The molecule has 4 rings (SSSR count). The monoisotopic (exact) mass is 364 g/mol. The first-order valence-corrected chi connectivity index (χ1v) is 10.2. The number of imide groups is 1. The number of carbonyl (C=O) groups excluding carboxylic acids is 2.